The van der Waals surface area contributed by atoms with Crippen LogP contribution in [0.3, 0.4) is 0 Å². The van der Waals surface area contributed by atoms with E-state index in [4.69, 9.17) is 9.47 Å². The fourth-order valence-corrected chi connectivity index (χ4v) is 2.15. The van der Waals surface area contributed by atoms with Crippen molar-refractivity contribution < 1.29 is 18.7 Å². The largest absolute Gasteiger partial charge is 0.497 e. The highest BCUT2D eigenvalue weighted by molar-refractivity contribution is 6.09. The lowest BCUT2D eigenvalue weighted by Gasteiger charge is -2.11. The molecule has 26 heavy (non-hydrogen) atoms. The summed E-state index contributed by atoms with van der Waals surface area (Å²) in [5, 5.41) is 11.7. The molecule has 0 aliphatic rings. The van der Waals surface area contributed by atoms with Crippen molar-refractivity contribution >= 4 is 17.7 Å². The van der Waals surface area contributed by atoms with Crippen LogP contribution in [0.5, 0.6) is 11.5 Å². The van der Waals surface area contributed by atoms with Gasteiger partial charge in [0.2, 0.25) is 0 Å². The number of nitrogens with zero attached hydrogens (tertiary/aromatic N) is 1. The quantitative estimate of drug-likeness (QED) is 0.598. The number of carbonyl (C=O) groups is 1. The minimum atomic E-state index is -0.699. The van der Waals surface area contributed by atoms with Gasteiger partial charge < -0.3 is 14.8 Å². The molecule has 0 atom stereocenters. The SMILES string of the molecule is CCCOc1cc(OC)ccc1/C=C(\C#N)C(=O)Nc1ccccc1F. The molecule has 5 nitrogen and oxygen atoms in total. The topological polar surface area (TPSA) is 71.3 Å². The van der Waals surface area contributed by atoms with Crippen LogP contribution >= 0.6 is 0 Å². The minimum Gasteiger partial charge on any atom is -0.497 e. The van der Waals surface area contributed by atoms with Gasteiger partial charge >= 0.3 is 0 Å². The van der Waals surface area contributed by atoms with Crippen LogP contribution in [0.15, 0.2) is 48.0 Å². The fraction of sp³-hybridized carbons (Fsp3) is 0.200. The zero-order valence-electron chi connectivity index (χ0n) is 14.6. The van der Waals surface area contributed by atoms with Gasteiger partial charge in [-0.3, -0.25) is 4.79 Å². The molecule has 0 radical (unpaired) electrons. The number of benzene rings is 2. The molecule has 2 rings (SSSR count). The number of hydrogen-bond donors (Lipinski definition) is 1. The number of ether oxygens (including phenoxy) is 2. The van der Waals surface area contributed by atoms with Crippen LogP contribution < -0.4 is 14.8 Å². The smallest absolute Gasteiger partial charge is 0.266 e. The number of para-hydroxylation sites is 1. The lowest BCUT2D eigenvalue weighted by molar-refractivity contribution is -0.112. The van der Waals surface area contributed by atoms with Crippen molar-refractivity contribution in [3.63, 3.8) is 0 Å². The Balaban J connectivity index is 2.31. The van der Waals surface area contributed by atoms with Crippen molar-refractivity contribution in [3.05, 3.63) is 59.4 Å². The zero-order valence-corrected chi connectivity index (χ0v) is 14.6. The maximum atomic E-state index is 13.7. The molecule has 0 fully saturated rings. The van der Waals surface area contributed by atoms with Crippen LogP contribution in [-0.4, -0.2) is 19.6 Å². The third-order valence-corrected chi connectivity index (χ3v) is 3.47. The van der Waals surface area contributed by atoms with Crippen molar-refractivity contribution in [2.24, 2.45) is 0 Å². The predicted molar refractivity (Wildman–Crippen MR) is 97.4 cm³/mol. The Kier molecular flexibility index (Phi) is 6.75. The molecule has 1 amide bonds. The zero-order chi connectivity index (χ0) is 18.9. The first-order chi connectivity index (χ1) is 12.6. The number of anilines is 1. The maximum absolute atomic E-state index is 13.7. The Hall–Kier alpha value is -3.33. The van der Waals surface area contributed by atoms with E-state index < -0.39 is 11.7 Å². The van der Waals surface area contributed by atoms with Crippen LogP contribution in [0.4, 0.5) is 10.1 Å². The highest BCUT2D eigenvalue weighted by atomic mass is 19.1. The summed E-state index contributed by atoms with van der Waals surface area (Å²) in [6, 6.07) is 12.7. The van der Waals surface area contributed by atoms with Gasteiger partial charge in [-0.05, 0) is 36.8 Å². The summed E-state index contributed by atoms with van der Waals surface area (Å²) in [5.41, 5.74) is 0.398. The standard InChI is InChI=1S/C20H19FN2O3/c1-3-10-26-19-12-16(25-2)9-8-14(19)11-15(13-22)20(24)23-18-7-5-4-6-17(18)21/h4-9,11-12H,3,10H2,1-2H3,(H,23,24)/b15-11+. The van der Waals surface area contributed by atoms with E-state index in [0.717, 1.165) is 6.42 Å². The van der Waals surface area contributed by atoms with E-state index in [9.17, 15) is 14.4 Å². The van der Waals surface area contributed by atoms with Crippen molar-refractivity contribution in [1.82, 2.24) is 0 Å². The molecule has 0 spiro atoms. The van der Waals surface area contributed by atoms with E-state index >= 15 is 0 Å². The van der Waals surface area contributed by atoms with Crippen molar-refractivity contribution in [1.29, 1.82) is 5.26 Å². The van der Waals surface area contributed by atoms with Crippen LogP contribution in [0.25, 0.3) is 6.08 Å². The third kappa shape index (κ3) is 4.84. The molecule has 0 bridgehead atoms. The Morgan fingerprint density at radius 2 is 2.08 bits per heavy atom. The molecular formula is C20H19FN2O3. The number of halogens is 1. The Morgan fingerprint density at radius 3 is 2.73 bits per heavy atom. The Morgan fingerprint density at radius 1 is 1.31 bits per heavy atom. The van der Waals surface area contributed by atoms with Crippen LogP contribution in [0.1, 0.15) is 18.9 Å². The van der Waals surface area contributed by atoms with Gasteiger partial charge in [0.05, 0.1) is 19.4 Å². The maximum Gasteiger partial charge on any atom is 0.266 e. The highest BCUT2D eigenvalue weighted by Crippen LogP contribution is 2.27. The summed E-state index contributed by atoms with van der Waals surface area (Å²) < 4.78 is 24.5. The van der Waals surface area contributed by atoms with Crippen LogP contribution in [0.2, 0.25) is 0 Å². The van der Waals surface area contributed by atoms with E-state index in [1.807, 2.05) is 13.0 Å². The molecule has 134 valence electrons. The number of hydrogen-bond acceptors (Lipinski definition) is 4. The number of amides is 1. The van der Waals surface area contributed by atoms with Crippen LogP contribution in [0, 0.1) is 17.1 Å². The molecule has 0 heterocycles. The lowest BCUT2D eigenvalue weighted by atomic mass is 10.1. The Labute approximate surface area is 151 Å². The van der Waals surface area contributed by atoms with E-state index in [1.165, 1.54) is 31.4 Å². The molecule has 0 aliphatic heterocycles. The van der Waals surface area contributed by atoms with Crippen molar-refractivity contribution in [2.45, 2.75) is 13.3 Å². The normalized spacial score (nSPS) is 10.8. The number of nitriles is 1. The summed E-state index contributed by atoms with van der Waals surface area (Å²) in [4.78, 5) is 12.3. The molecule has 0 aromatic heterocycles. The fourth-order valence-electron chi connectivity index (χ4n) is 2.15. The van der Waals surface area contributed by atoms with Gasteiger partial charge in [0.25, 0.3) is 5.91 Å². The van der Waals surface area contributed by atoms with E-state index in [-0.39, 0.29) is 11.3 Å². The van der Waals surface area contributed by atoms with Gasteiger partial charge in [0.1, 0.15) is 29.0 Å². The van der Waals surface area contributed by atoms with Gasteiger partial charge in [-0.1, -0.05) is 19.1 Å². The van der Waals surface area contributed by atoms with Crippen molar-refractivity contribution in [3.8, 4) is 17.6 Å². The van der Waals surface area contributed by atoms with Gasteiger partial charge in [0.15, 0.2) is 0 Å². The summed E-state index contributed by atoms with van der Waals surface area (Å²) in [7, 11) is 1.54. The molecular weight excluding hydrogens is 335 g/mol. The minimum absolute atomic E-state index is 0.0100. The summed E-state index contributed by atoms with van der Waals surface area (Å²) in [6.45, 7) is 2.45. The second kappa shape index (κ2) is 9.23. The summed E-state index contributed by atoms with van der Waals surface area (Å²) in [6.07, 6.45) is 2.21. The molecule has 0 saturated heterocycles. The monoisotopic (exact) mass is 354 g/mol. The average molecular weight is 354 g/mol. The van der Waals surface area contributed by atoms with Gasteiger partial charge in [-0.25, -0.2) is 4.39 Å². The number of carbonyl (C=O) groups excluding carboxylic acids is 1. The average Bonchev–Trinajstić information content (AvgIpc) is 2.66. The number of nitrogens with one attached hydrogen (secondary N) is 1. The molecule has 0 aliphatic carbocycles. The van der Waals surface area contributed by atoms with Gasteiger partial charge in [-0.2, -0.15) is 5.26 Å². The molecule has 2 aromatic carbocycles. The van der Waals surface area contributed by atoms with Crippen LogP contribution in [-0.2, 0) is 4.79 Å². The molecule has 6 heteroatoms. The summed E-state index contributed by atoms with van der Waals surface area (Å²) in [5.74, 6) is -0.176. The third-order valence-electron chi connectivity index (χ3n) is 3.47. The van der Waals surface area contributed by atoms with Gasteiger partial charge in [-0.15, -0.1) is 0 Å². The highest BCUT2D eigenvalue weighted by Gasteiger charge is 2.13. The number of methoxy groups -OCH3 is 1. The Bertz CT molecular complexity index is 856. The predicted octanol–water partition coefficient (Wildman–Crippen LogP) is 4.17. The first kappa shape index (κ1) is 19.0. The molecule has 2 aromatic rings. The molecule has 0 saturated carbocycles. The molecule has 1 N–H and O–H groups in total. The second-order valence-corrected chi connectivity index (χ2v) is 5.36. The second-order valence-electron chi connectivity index (χ2n) is 5.36. The van der Waals surface area contributed by atoms with E-state index in [2.05, 4.69) is 5.32 Å². The first-order valence-electron chi connectivity index (χ1n) is 8.07. The van der Waals surface area contributed by atoms with Crippen molar-refractivity contribution in [2.75, 3.05) is 19.0 Å². The first-order valence-corrected chi connectivity index (χ1v) is 8.07. The lowest BCUT2D eigenvalue weighted by Crippen LogP contribution is -2.14. The molecule has 0 unspecified atom stereocenters. The van der Waals surface area contributed by atoms with E-state index in [0.29, 0.717) is 23.7 Å². The van der Waals surface area contributed by atoms with Gasteiger partial charge in [0, 0.05) is 11.6 Å². The summed E-state index contributed by atoms with van der Waals surface area (Å²) >= 11 is 0. The number of rotatable bonds is 7. The van der Waals surface area contributed by atoms with E-state index in [1.54, 1.807) is 24.3 Å².